The molecule has 178 valence electrons. The van der Waals surface area contributed by atoms with E-state index in [9.17, 15) is 14.3 Å². The van der Waals surface area contributed by atoms with Crippen LogP contribution in [0.4, 0.5) is 22.0 Å². The SMILES string of the molecule is CCC[C@@H](CCC(N)=O)n1c(Nc2c(F)cc(Cl)cc2Cl)nc2cnc(N[C@@H](C)CO)nc21. The van der Waals surface area contributed by atoms with Gasteiger partial charge in [-0.2, -0.15) is 4.98 Å². The molecule has 1 amide bonds. The molecule has 0 saturated heterocycles. The average Bonchev–Trinajstić information content (AvgIpc) is 3.10. The number of nitrogens with zero attached hydrogens (tertiary/aromatic N) is 4. The van der Waals surface area contributed by atoms with Gasteiger partial charge in [0, 0.05) is 23.5 Å². The lowest BCUT2D eigenvalue weighted by atomic mass is 10.1. The summed E-state index contributed by atoms with van der Waals surface area (Å²) in [5.74, 6) is -0.466. The first kappa shape index (κ1) is 24.9. The average molecular weight is 498 g/mol. The van der Waals surface area contributed by atoms with Crippen molar-refractivity contribution in [2.75, 3.05) is 17.2 Å². The van der Waals surface area contributed by atoms with Crippen molar-refractivity contribution in [2.45, 2.75) is 51.6 Å². The van der Waals surface area contributed by atoms with Gasteiger partial charge in [0.1, 0.15) is 11.3 Å². The van der Waals surface area contributed by atoms with Crippen LogP contribution in [0.3, 0.4) is 0 Å². The quantitative estimate of drug-likeness (QED) is 0.308. The molecule has 0 radical (unpaired) electrons. The van der Waals surface area contributed by atoms with Crippen molar-refractivity contribution >= 4 is 57.9 Å². The Morgan fingerprint density at radius 2 is 2.06 bits per heavy atom. The third kappa shape index (κ3) is 6.01. The number of aromatic nitrogens is 4. The number of carbonyl (C=O) groups excluding carboxylic acids is 1. The minimum Gasteiger partial charge on any atom is -0.394 e. The molecule has 2 atom stereocenters. The molecule has 0 saturated carbocycles. The Balaban J connectivity index is 2.14. The first-order valence-electron chi connectivity index (χ1n) is 10.6. The normalized spacial score (nSPS) is 13.2. The third-order valence-corrected chi connectivity index (χ3v) is 5.55. The zero-order valence-electron chi connectivity index (χ0n) is 18.3. The zero-order chi connectivity index (χ0) is 24.1. The summed E-state index contributed by atoms with van der Waals surface area (Å²) < 4.78 is 16.5. The zero-order valence-corrected chi connectivity index (χ0v) is 19.8. The van der Waals surface area contributed by atoms with Crippen molar-refractivity contribution in [3.63, 3.8) is 0 Å². The van der Waals surface area contributed by atoms with Gasteiger partial charge in [0.15, 0.2) is 5.65 Å². The Morgan fingerprint density at radius 3 is 2.70 bits per heavy atom. The standard InChI is InChI=1S/C21H26Cl2FN7O2/c1-3-4-13(5-6-17(25)33)31-19-16(9-26-20(30-19)27-11(2)10-32)28-21(31)29-18-14(23)7-12(22)8-15(18)24/h7-9,11,13,32H,3-6,10H2,1-2H3,(H2,25,33)(H,28,29)(H,26,27,30)/t11-,13-/m0/s1. The van der Waals surface area contributed by atoms with E-state index in [0.717, 1.165) is 12.5 Å². The second kappa shape index (κ2) is 11.0. The number of anilines is 3. The van der Waals surface area contributed by atoms with Crippen molar-refractivity contribution in [3.8, 4) is 0 Å². The van der Waals surface area contributed by atoms with E-state index in [0.29, 0.717) is 30.0 Å². The Hall–Kier alpha value is -2.69. The Kier molecular flexibility index (Phi) is 8.28. The minimum absolute atomic E-state index is 0.0167. The summed E-state index contributed by atoms with van der Waals surface area (Å²) >= 11 is 12.1. The monoisotopic (exact) mass is 497 g/mol. The van der Waals surface area contributed by atoms with Crippen LogP contribution in [-0.2, 0) is 4.79 Å². The smallest absolute Gasteiger partial charge is 0.225 e. The van der Waals surface area contributed by atoms with Crippen molar-refractivity contribution in [2.24, 2.45) is 5.73 Å². The summed E-state index contributed by atoms with van der Waals surface area (Å²) in [6, 6.07) is 2.11. The van der Waals surface area contributed by atoms with E-state index >= 15 is 0 Å². The van der Waals surface area contributed by atoms with Crippen LogP contribution in [0.1, 0.15) is 45.6 Å². The molecule has 0 aliphatic carbocycles. The number of primary amides is 1. The van der Waals surface area contributed by atoms with Crippen LogP contribution >= 0.6 is 23.2 Å². The molecule has 9 nitrogen and oxygen atoms in total. The summed E-state index contributed by atoms with van der Waals surface area (Å²) in [6.07, 6.45) is 3.66. The molecule has 0 fully saturated rings. The van der Waals surface area contributed by atoms with Crippen LogP contribution in [0.2, 0.25) is 10.0 Å². The number of fused-ring (bicyclic) bond motifs is 1. The van der Waals surface area contributed by atoms with Gasteiger partial charge in [-0.3, -0.25) is 9.36 Å². The van der Waals surface area contributed by atoms with Gasteiger partial charge in [-0.25, -0.2) is 14.4 Å². The molecule has 5 N–H and O–H groups in total. The van der Waals surface area contributed by atoms with Gasteiger partial charge in [0.05, 0.1) is 23.5 Å². The van der Waals surface area contributed by atoms with E-state index in [1.807, 2.05) is 11.5 Å². The second-order valence-electron chi connectivity index (χ2n) is 7.75. The Morgan fingerprint density at radius 1 is 1.30 bits per heavy atom. The van der Waals surface area contributed by atoms with Gasteiger partial charge < -0.3 is 21.5 Å². The maximum atomic E-state index is 14.6. The molecule has 1 aromatic carbocycles. The Labute approximate surface area is 200 Å². The largest absolute Gasteiger partial charge is 0.394 e. The van der Waals surface area contributed by atoms with Crippen molar-refractivity contribution in [3.05, 3.63) is 34.2 Å². The first-order chi connectivity index (χ1) is 15.7. The fraction of sp³-hybridized carbons (Fsp3) is 0.429. The van der Waals surface area contributed by atoms with E-state index in [1.54, 1.807) is 6.92 Å². The van der Waals surface area contributed by atoms with Gasteiger partial charge in [-0.15, -0.1) is 0 Å². The molecule has 3 rings (SSSR count). The second-order valence-corrected chi connectivity index (χ2v) is 8.60. The number of rotatable bonds is 11. The van der Waals surface area contributed by atoms with Crippen LogP contribution in [-0.4, -0.2) is 43.2 Å². The number of aliphatic hydroxyl groups is 1. The number of imidazole rings is 1. The highest BCUT2D eigenvalue weighted by atomic mass is 35.5. The van der Waals surface area contributed by atoms with Crippen LogP contribution in [0, 0.1) is 5.82 Å². The molecule has 0 aliphatic rings. The highest BCUT2D eigenvalue weighted by Crippen LogP contribution is 2.35. The van der Waals surface area contributed by atoms with E-state index in [2.05, 4.69) is 25.6 Å². The number of carbonyl (C=O) groups is 1. The topological polar surface area (TPSA) is 131 Å². The van der Waals surface area contributed by atoms with Crippen molar-refractivity contribution in [1.82, 2.24) is 19.5 Å². The predicted molar refractivity (Wildman–Crippen MR) is 128 cm³/mol. The summed E-state index contributed by atoms with van der Waals surface area (Å²) in [5.41, 5.74) is 6.35. The van der Waals surface area contributed by atoms with Crippen LogP contribution in [0.25, 0.3) is 11.2 Å². The van der Waals surface area contributed by atoms with Gasteiger partial charge in [0.2, 0.25) is 17.8 Å². The predicted octanol–water partition coefficient (Wildman–Crippen LogP) is 4.42. The van der Waals surface area contributed by atoms with Crippen LogP contribution in [0.15, 0.2) is 18.3 Å². The first-order valence-corrected chi connectivity index (χ1v) is 11.3. The van der Waals surface area contributed by atoms with E-state index < -0.39 is 11.7 Å². The van der Waals surface area contributed by atoms with Crippen molar-refractivity contribution < 1.29 is 14.3 Å². The van der Waals surface area contributed by atoms with E-state index in [4.69, 9.17) is 28.9 Å². The summed E-state index contributed by atoms with van der Waals surface area (Å²) in [6.45, 7) is 3.71. The maximum absolute atomic E-state index is 14.6. The molecule has 2 heterocycles. The molecular weight excluding hydrogens is 472 g/mol. The molecule has 3 aromatic rings. The summed E-state index contributed by atoms with van der Waals surface area (Å²) in [7, 11) is 0. The number of amides is 1. The molecule has 0 unspecified atom stereocenters. The highest BCUT2D eigenvalue weighted by molar-refractivity contribution is 6.36. The van der Waals surface area contributed by atoms with Crippen molar-refractivity contribution in [1.29, 1.82) is 0 Å². The number of hydrogen-bond acceptors (Lipinski definition) is 7. The summed E-state index contributed by atoms with van der Waals surface area (Å²) in [5, 5.41) is 15.6. The molecule has 0 bridgehead atoms. The number of nitrogens with two attached hydrogens (primary N) is 1. The third-order valence-electron chi connectivity index (χ3n) is 5.04. The number of benzene rings is 1. The number of nitrogens with one attached hydrogen (secondary N) is 2. The number of aliphatic hydroxyl groups excluding tert-OH is 1. The fourth-order valence-corrected chi connectivity index (χ4v) is 3.99. The van der Waals surface area contributed by atoms with E-state index in [-0.39, 0.29) is 46.8 Å². The highest BCUT2D eigenvalue weighted by Gasteiger charge is 2.23. The summed E-state index contributed by atoms with van der Waals surface area (Å²) in [4.78, 5) is 24.9. The van der Waals surface area contributed by atoms with Crippen LogP contribution < -0.4 is 16.4 Å². The lowest BCUT2D eigenvalue weighted by molar-refractivity contribution is -0.118. The molecule has 33 heavy (non-hydrogen) atoms. The maximum Gasteiger partial charge on any atom is 0.225 e. The van der Waals surface area contributed by atoms with Gasteiger partial charge in [-0.1, -0.05) is 36.5 Å². The Bertz CT molecular complexity index is 1120. The fourth-order valence-electron chi connectivity index (χ4n) is 3.48. The number of hydrogen-bond donors (Lipinski definition) is 4. The minimum atomic E-state index is -0.638. The molecule has 0 aliphatic heterocycles. The van der Waals surface area contributed by atoms with Crippen LogP contribution in [0.5, 0.6) is 0 Å². The van der Waals surface area contributed by atoms with Gasteiger partial charge >= 0.3 is 0 Å². The molecule has 0 spiro atoms. The molecule has 12 heteroatoms. The number of halogens is 3. The van der Waals surface area contributed by atoms with Gasteiger partial charge in [-0.05, 0) is 31.9 Å². The lowest BCUT2D eigenvalue weighted by Gasteiger charge is -2.21. The van der Waals surface area contributed by atoms with Gasteiger partial charge in [0.25, 0.3) is 0 Å². The molecular formula is C21H26Cl2FN7O2. The molecule has 2 aromatic heterocycles. The lowest BCUT2D eigenvalue weighted by Crippen LogP contribution is -2.21. The van der Waals surface area contributed by atoms with E-state index in [1.165, 1.54) is 12.3 Å².